The number of ether oxygens (including phenoxy) is 1. The SMILES string of the molecule is C=CC1(C)CC(O)C2(C)C3C(=O)CCC3(CCC2(C)OC(=O)C(C)N2CCNCC2)C(C)C1O. The molecule has 0 spiro atoms. The van der Waals surface area contributed by atoms with Crippen LogP contribution in [0.3, 0.4) is 0 Å². The molecule has 4 fully saturated rings. The van der Waals surface area contributed by atoms with Crippen LogP contribution in [0.1, 0.15) is 66.7 Å². The fraction of sp³-hybridized carbons (Fsp3) is 0.852. The van der Waals surface area contributed by atoms with E-state index < -0.39 is 46.0 Å². The summed E-state index contributed by atoms with van der Waals surface area (Å²) in [5.74, 6) is -0.772. The smallest absolute Gasteiger partial charge is 0.323 e. The summed E-state index contributed by atoms with van der Waals surface area (Å²) in [5, 5.41) is 26.6. The van der Waals surface area contributed by atoms with Crippen LogP contribution < -0.4 is 5.32 Å². The molecule has 4 aliphatic rings. The summed E-state index contributed by atoms with van der Waals surface area (Å²) >= 11 is 0. The second-order valence-corrected chi connectivity index (χ2v) is 12.2. The topological polar surface area (TPSA) is 99.1 Å². The summed E-state index contributed by atoms with van der Waals surface area (Å²) in [6, 6.07) is -0.390. The molecule has 9 atom stereocenters. The van der Waals surface area contributed by atoms with Gasteiger partial charge < -0.3 is 20.3 Å². The third-order valence-corrected chi connectivity index (χ3v) is 10.8. The molecule has 0 aromatic heterocycles. The third-order valence-electron chi connectivity index (χ3n) is 10.8. The van der Waals surface area contributed by atoms with Gasteiger partial charge in [0.2, 0.25) is 0 Å². The van der Waals surface area contributed by atoms with Gasteiger partial charge in [0.25, 0.3) is 0 Å². The number of esters is 1. The molecule has 1 saturated heterocycles. The van der Waals surface area contributed by atoms with Crippen LogP contribution in [-0.4, -0.2) is 76.9 Å². The molecule has 3 N–H and O–H groups in total. The van der Waals surface area contributed by atoms with Gasteiger partial charge in [-0.15, -0.1) is 6.58 Å². The Morgan fingerprint density at radius 2 is 1.85 bits per heavy atom. The molecule has 0 aromatic carbocycles. The summed E-state index contributed by atoms with van der Waals surface area (Å²) < 4.78 is 6.36. The standard InChI is InChI=1S/C27H44N2O5/c1-7-24(4)16-20(31)26(6)21-19(30)8-9-27(21,17(2)22(24)32)11-10-25(26,5)34-23(33)18(3)29-14-12-28-13-15-29/h7,17-18,20-22,28,31-32H,1,8-16H2,2-6H3. The van der Waals surface area contributed by atoms with Crippen LogP contribution in [0.4, 0.5) is 0 Å². The van der Waals surface area contributed by atoms with Gasteiger partial charge in [-0.2, -0.15) is 0 Å². The van der Waals surface area contributed by atoms with Crippen molar-refractivity contribution in [3.05, 3.63) is 12.7 Å². The predicted octanol–water partition coefficient (Wildman–Crippen LogP) is 2.30. The molecule has 9 unspecified atom stereocenters. The van der Waals surface area contributed by atoms with E-state index in [-0.39, 0.29) is 24.1 Å². The van der Waals surface area contributed by atoms with E-state index >= 15 is 0 Å². The molecule has 7 nitrogen and oxygen atoms in total. The summed E-state index contributed by atoms with van der Waals surface area (Å²) in [5.41, 5.74) is -3.09. The number of hydrogen-bond acceptors (Lipinski definition) is 7. The van der Waals surface area contributed by atoms with E-state index in [2.05, 4.69) is 23.7 Å². The molecular formula is C27H44N2O5. The highest BCUT2D eigenvalue weighted by atomic mass is 16.6. The second kappa shape index (κ2) is 8.68. The molecule has 4 rings (SSSR count). The zero-order valence-corrected chi connectivity index (χ0v) is 21.6. The van der Waals surface area contributed by atoms with Crippen molar-refractivity contribution in [3.8, 4) is 0 Å². The number of Topliss-reactive ketones (excluding diaryl/α,β-unsaturated/α-hetero) is 1. The number of ketones is 1. The van der Waals surface area contributed by atoms with Gasteiger partial charge in [0, 0.05) is 49.3 Å². The van der Waals surface area contributed by atoms with E-state index in [9.17, 15) is 19.8 Å². The Labute approximate surface area is 204 Å². The first-order chi connectivity index (χ1) is 15.9. The van der Waals surface area contributed by atoms with Gasteiger partial charge >= 0.3 is 5.97 Å². The van der Waals surface area contributed by atoms with Gasteiger partial charge in [0.15, 0.2) is 0 Å². The Morgan fingerprint density at radius 1 is 1.21 bits per heavy atom. The Hall–Kier alpha value is -1.28. The Balaban J connectivity index is 1.75. The molecule has 1 aliphatic heterocycles. The summed E-state index contributed by atoms with van der Waals surface area (Å²) in [4.78, 5) is 29.1. The maximum Gasteiger partial charge on any atom is 0.323 e. The molecule has 0 aromatic rings. The lowest BCUT2D eigenvalue weighted by Gasteiger charge is -2.64. The monoisotopic (exact) mass is 476 g/mol. The number of aliphatic hydroxyl groups excluding tert-OH is 2. The molecule has 3 aliphatic carbocycles. The molecule has 2 bridgehead atoms. The van der Waals surface area contributed by atoms with E-state index in [1.54, 1.807) is 6.08 Å². The minimum atomic E-state index is -0.996. The highest BCUT2D eigenvalue weighted by molar-refractivity contribution is 5.86. The average molecular weight is 477 g/mol. The van der Waals surface area contributed by atoms with Gasteiger partial charge in [-0.05, 0) is 50.9 Å². The molecule has 0 radical (unpaired) electrons. The van der Waals surface area contributed by atoms with Crippen molar-refractivity contribution in [1.82, 2.24) is 10.2 Å². The molecular weight excluding hydrogens is 432 g/mol. The zero-order chi connectivity index (χ0) is 25.1. The van der Waals surface area contributed by atoms with Crippen LogP contribution in [0.5, 0.6) is 0 Å². The summed E-state index contributed by atoms with van der Waals surface area (Å²) in [6.45, 7) is 17.0. The van der Waals surface area contributed by atoms with E-state index in [1.165, 1.54) is 0 Å². The van der Waals surface area contributed by atoms with Crippen molar-refractivity contribution in [2.24, 2.45) is 28.1 Å². The number of hydrogen-bond donors (Lipinski definition) is 3. The van der Waals surface area contributed by atoms with E-state index in [0.29, 0.717) is 25.7 Å². The van der Waals surface area contributed by atoms with Gasteiger partial charge in [-0.25, -0.2) is 0 Å². The normalized spacial score (nSPS) is 48.4. The molecule has 1 heterocycles. The number of nitrogens with one attached hydrogen (secondary N) is 1. The largest absolute Gasteiger partial charge is 0.457 e. The first kappa shape index (κ1) is 25.8. The molecule has 34 heavy (non-hydrogen) atoms. The Kier molecular flexibility index (Phi) is 6.59. The fourth-order valence-corrected chi connectivity index (χ4v) is 8.00. The van der Waals surface area contributed by atoms with Gasteiger partial charge in [0.1, 0.15) is 17.4 Å². The van der Waals surface area contributed by atoms with Crippen LogP contribution in [0, 0.1) is 28.1 Å². The van der Waals surface area contributed by atoms with Crippen LogP contribution in [0.2, 0.25) is 0 Å². The van der Waals surface area contributed by atoms with Crippen molar-refractivity contribution in [1.29, 1.82) is 0 Å². The molecule has 192 valence electrons. The number of rotatable bonds is 4. The maximum atomic E-state index is 13.5. The summed E-state index contributed by atoms with van der Waals surface area (Å²) in [6.07, 6.45) is 2.75. The number of aliphatic hydroxyl groups is 2. The number of carbonyl (C=O) groups is 2. The Bertz CT molecular complexity index is 843. The highest BCUT2D eigenvalue weighted by Gasteiger charge is 2.72. The van der Waals surface area contributed by atoms with Crippen LogP contribution in [-0.2, 0) is 14.3 Å². The van der Waals surface area contributed by atoms with Gasteiger partial charge in [-0.1, -0.05) is 26.8 Å². The second-order valence-electron chi connectivity index (χ2n) is 12.2. The highest BCUT2D eigenvalue weighted by Crippen LogP contribution is 2.69. The minimum absolute atomic E-state index is 0.125. The van der Waals surface area contributed by atoms with Gasteiger partial charge in [-0.3, -0.25) is 14.5 Å². The molecule has 3 saturated carbocycles. The van der Waals surface area contributed by atoms with Crippen molar-refractivity contribution in [2.75, 3.05) is 26.2 Å². The third kappa shape index (κ3) is 3.53. The molecule has 0 amide bonds. The first-order valence-corrected chi connectivity index (χ1v) is 13.1. The first-order valence-electron chi connectivity index (χ1n) is 13.1. The van der Waals surface area contributed by atoms with E-state index in [0.717, 1.165) is 26.2 Å². The summed E-state index contributed by atoms with van der Waals surface area (Å²) in [7, 11) is 0. The van der Waals surface area contributed by atoms with Crippen molar-refractivity contribution in [2.45, 2.75) is 90.6 Å². The number of nitrogens with zero attached hydrogens (tertiary/aromatic N) is 1. The van der Waals surface area contributed by atoms with Crippen LogP contribution in [0.25, 0.3) is 0 Å². The lowest BCUT2D eigenvalue weighted by atomic mass is 9.42. The van der Waals surface area contributed by atoms with Crippen LogP contribution >= 0.6 is 0 Å². The van der Waals surface area contributed by atoms with Crippen molar-refractivity contribution < 1.29 is 24.5 Å². The number of piperazine rings is 1. The van der Waals surface area contributed by atoms with E-state index in [4.69, 9.17) is 4.74 Å². The lowest BCUT2D eigenvalue weighted by Crippen LogP contribution is -2.69. The van der Waals surface area contributed by atoms with Crippen molar-refractivity contribution in [3.63, 3.8) is 0 Å². The lowest BCUT2D eigenvalue weighted by molar-refractivity contribution is -0.254. The zero-order valence-electron chi connectivity index (χ0n) is 21.6. The van der Waals surface area contributed by atoms with Gasteiger partial charge in [0.05, 0.1) is 12.2 Å². The number of carbonyl (C=O) groups excluding carboxylic acids is 2. The quantitative estimate of drug-likeness (QED) is 0.423. The van der Waals surface area contributed by atoms with Crippen molar-refractivity contribution >= 4 is 11.8 Å². The maximum absolute atomic E-state index is 13.5. The van der Waals surface area contributed by atoms with Crippen LogP contribution in [0.15, 0.2) is 12.7 Å². The fourth-order valence-electron chi connectivity index (χ4n) is 8.00. The minimum Gasteiger partial charge on any atom is -0.457 e. The van der Waals surface area contributed by atoms with E-state index in [1.807, 2.05) is 27.7 Å². The predicted molar refractivity (Wildman–Crippen MR) is 130 cm³/mol. The molecule has 7 heteroatoms. The Morgan fingerprint density at radius 3 is 2.47 bits per heavy atom. The average Bonchev–Trinajstić information content (AvgIpc) is 3.18.